The summed E-state index contributed by atoms with van der Waals surface area (Å²) in [6.07, 6.45) is 0. The zero-order valence-electron chi connectivity index (χ0n) is 5.70. The van der Waals surface area contributed by atoms with E-state index in [0.29, 0.717) is 3.95 Å². The molecule has 11 heavy (non-hydrogen) atoms. The molecule has 0 spiro atoms. The van der Waals surface area contributed by atoms with Gasteiger partial charge in [-0.15, -0.1) is 11.3 Å². The van der Waals surface area contributed by atoms with Crippen molar-refractivity contribution < 1.29 is 9.90 Å². The van der Waals surface area contributed by atoms with Gasteiger partial charge in [0.25, 0.3) is 0 Å². The molecule has 1 amide bonds. The molecule has 0 saturated heterocycles. The van der Waals surface area contributed by atoms with E-state index >= 15 is 0 Å². The molecule has 1 rings (SSSR count). The lowest BCUT2D eigenvalue weighted by Gasteiger charge is -2.01. The molecule has 4 nitrogen and oxygen atoms in total. The van der Waals surface area contributed by atoms with Crippen LogP contribution in [-0.2, 0) is 4.79 Å². The van der Waals surface area contributed by atoms with Crippen LogP contribution >= 0.6 is 23.6 Å². The second-order valence-corrected chi connectivity index (χ2v) is 3.37. The average Bonchev–Trinajstić information content (AvgIpc) is 2.18. The minimum Gasteiger partial charge on any atom is -0.493 e. The van der Waals surface area contributed by atoms with Crippen LogP contribution in [0.3, 0.4) is 0 Å². The van der Waals surface area contributed by atoms with E-state index in [1.165, 1.54) is 23.6 Å². The Balaban J connectivity index is 3.01. The first-order valence-electron chi connectivity index (χ1n) is 2.78. The lowest BCUT2D eigenvalue weighted by atomic mass is 10.7. The van der Waals surface area contributed by atoms with Crippen LogP contribution in [0.15, 0.2) is 5.38 Å². The highest BCUT2D eigenvalue weighted by Crippen LogP contribution is 2.14. The molecule has 1 aromatic heterocycles. The Morgan fingerprint density at radius 2 is 2.55 bits per heavy atom. The van der Waals surface area contributed by atoms with Gasteiger partial charge in [-0.3, -0.25) is 10.2 Å². The molecule has 0 bridgehead atoms. The van der Waals surface area contributed by atoms with Crippen molar-refractivity contribution in [3.63, 3.8) is 0 Å². The fraction of sp³-hybridized carbons (Fsp3) is 0.200. The van der Waals surface area contributed by atoms with Crippen LogP contribution in [0.2, 0.25) is 0 Å². The molecule has 2 N–H and O–H groups in total. The summed E-state index contributed by atoms with van der Waals surface area (Å²) in [4.78, 5) is 10.5. The predicted octanol–water partition coefficient (Wildman–Crippen LogP) is 1.07. The second kappa shape index (κ2) is 3.02. The van der Waals surface area contributed by atoms with Crippen LogP contribution in [0, 0.1) is 3.95 Å². The molecular weight excluding hydrogens is 184 g/mol. The number of rotatable bonds is 1. The molecule has 0 atom stereocenters. The Bertz CT molecular complexity index is 327. The maximum atomic E-state index is 10.5. The number of thiazole rings is 1. The van der Waals surface area contributed by atoms with Gasteiger partial charge in [0.15, 0.2) is 3.95 Å². The zero-order valence-corrected chi connectivity index (χ0v) is 7.33. The monoisotopic (exact) mass is 190 g/mol. The van der Waals surface area contributed by atoms with Crippen molar-refractivity contribution in [3.05, 3.63) is 9.33 Å². The number of carbonyl (C=O) groups excluding carboxylic acids is 1. The Morgan fingerprint density at radius 3 is 2.91 bits per heavy atom. The highest BCUT2D eigenvalue weighted by atomic mass is 32.1. The molecule has 0 unspecified atom stereocenters. The van der Waals surface area contributed by atoms with Gasteiger partial charge in [0.05, 0.1) is 5.38 Å². The minimum absolute atomic E-state index is 0.0461. The zero-order chi connectivity index (χ0) is 8.43. The third kappa shape index (κ3) is 1.78. The van der Waals surface area contributed by atoms with Gasteiger partial charge in [-0.05, 0) is 12.2 Å². The Kier molecular flexibility index (Phi) is 2.25. The summed E-state index contributed by atoms with van der Waals surface area (Å²) in [5.41, 5.74) is 2.36. The second-order valence-electron chi connectivity index (χ2n) is 1.86. The van der Waals surface area contributed by atoms with Gasteiger partial charge in [0.1, 0.15) is 0 Å². The first kappa shape index (κ1) is 8.22. The summed E-state index contributed by atoms with van der Waals surface area (Å²) >= 11 is 5.98. The minimum atomic E-state index is -0.269. The molecule has 0 aliphatic heterocycles. The van der Waals surface area contributed by atoms with Crippen LogP contribution in [0.4, 0.5) is 0 Å². The number of nitrogens with zero attached hydrogens (tertiary/aromatic N) is 1. The Morgan fingerprint density at radius 1 is 1.91 bits per heavy atom. The lowest BCUT2D eigenvalue weighted by Crippen LogP contribution is -2.18. The smallest absolute Gasteiger partial charge is 0.235 e. The average molecular weight is 190 g/mol. The molecule has 1 aromatic rings. The molecule has 0 aliphatic carbocycles. The summed E-state index contributed by atoms with van der Waals surface area (Å²) in [6.45, 7) is 1.35. The number of hydrogen-bond acceptors (Lipinski definition) is 4. The summed E-state index contributed by atoms with van der Waals surface area (Å²) < 4.78 is 1.57. The van der Waals surface area contributed by atoms with Crippen LogP contribution in [0.5, 0.6) is 5.88 Å². The third-order valence-corrected chi connectivity index (χ3v) is 2.13. The van der Waals surface area contributed by atoms with Gasteiger partial charge < -0.3 is 5.11 Å². The van der Waals surface area contributed by atoms with Gasteiger partial charge >= 0.3 is 0 Å². The highest BCUT2D eigenvalue weighted by Gasteiger charge is 2.01. The van der Waals surface area contributed by atoms with Crippen molar-refractivity contribution in [2.75, 3.05) is 5.43 Å². The van der Waals surface area contributed by atoms with Gasteiger partial charge in [-0.2, -0.15) is 4.68 Å². The van der Waals surface area contributed by atoms with E-state index in [0.717, 1.165) is 4.68 Å². The van der Waals surface area contributed by atoms with Crippen LogP contribution < -0.4 is 5.43 Å². The van der Waals surface area contributed by atoms with E-state index in [4.69, 9.17) is 17.3 Å². The lowest BCUT2D eigenvalue weighted by molar-refractivity contribution is -0.115. The highest BCUT2D eigenvalue weighted by molar-refractivity contribution is 7.73. The van der Waals surface area contributed by atoms with Gasteiger partial charge in [-0.1, -0.05) is 0 Å². The SMILES string of the molecule is CC(=O)Nn1c(O)csc1=S. The number of nitrogens with one attached hydrogen (secondary N) is 1. The summed E-state index contributed by atoms with van der Waals surface area (Å²) in [7, 11) is 0. The van der Waals surface area contributed by atoms with E-state index in [2.05, 4.69) is 5.43 Å². The van der Waals surface area contributed by atoms with E-state index < -0.39 is 0 Å². The number of hydrogen-bond donors (Lipinski definition) is 2. The maximum absolute atomic E-state index is 10.5. The molecule has 0 saturated carbocycles. The van der Waals surface area contributed by atoms with Crippen molar-refractivity contribution in [3.8, 4) is 5.88 Å². The Hall–Kier alpha value is -0.880. The van der Waals surface area contributed by atoms with Crippen LogP contribution in [0.25, 0.3) is 0 Å². The van der Waals surface area contributed by atoms with E-state index in [9.17, 15) is 4.79 Å². The van der Waals surface area contributed by atoms with Crippen molar-refractivity contribution in [1.82, 2.24) is 4.68 Å². The normalized spacial score (nSPS) is 9.55. The molecule has 60 valence electrons. The largest absolute Gasteiger partial charge is 0.493 e. The number of amides is 1. The molecule has 0 aliphatic rings. The summed E-state index contributed by atoms with van der Waals surface area (Å²) in [5.74, 6) is -0.315. The molecular formula is C5H6N2O2S2. The Labute approximate surface area is 72.1 Å². The number of aromatic hydroxyl groups is 1. The van der Waals surface area contributed by atoms with Gasteiger partial charge in [-0.25, -0.2) is 0 Å². The summed E-state index contributed by atoms with van der Waals surface area (Å²) in [5, 5.41) is 10.5. The molecule has 0 radical (unpaired) electrons. The predicted molar refractivity (Wildman–Crippen MR) is 44.8 cm³/mol. The van der Waals surface area contributed by atoms with E-state index in [1.807, 2.05) is 0 Å². The van der Waals surface area contributed by atoms with Gasteiger partial charge in [0.2, 0.25) is 11.8 Å². The van der Waals surface area contributed by atoms with Crippen molar-refractivity contribution in [2.45, 2.75) is 6.92 Å². The maximum Gasteiger partial charge on any atom is 0.235 e. The first-order chi connectivity index (χ1) is 5.11. The van der Waals surface area contributed by atoms with Crippen molar-refractivity contribution >= 4 is 29.5 Å². The fourth-order valence-corrected chi connectivity index (χ4v) is 1.40. The van der Waals surface area contributed by atoms with Crippen LogP contribution in [-0.4, -0.2) is 15.7 Å². The molecule has 0 fully saturated rings. The molecule has 0 aromatic carbocycles. The fourth-order valence-electron chi connectivity index (χ4n) is 0.562. The van der Waals surface area contributed by atoms with Crippen molar-refractivity contribution in [1.29, 1.82) is 0 Å². The van der Waals surface area contributed by atoms with E-state index in [1.54, 1.807) is 0 Å². The number of carbonyl (C=O) groups is 1. The number of aromatic nitrogens is 1. The topological polar surface area (TPSA) is 54.3 Å². The van der Waals surface area contributed by atoms with E-state index in [-0.39, 0.29) is 11.8 Å². The van der Waals surface area contributed by atoms with Crippen molar-refractivity contribution in [2.24, 2.45) is 0 Å². The molecule has 1 heterocycles. The third-order valence-electron chi connectivity index (χ3n) is 0.946. The van der Waals surface area contributed by atoms with Gasteiger partial charge in [0, 0.05) is 6.92 Å². The first-order valence-corrected chi connectivity index (χ1v) is 4.07. The standard InChI is InChI=1S/C5H6N2O2S2/c1-3(8)6-7-4(9)2-11-5(7)10/h2,9H,1H3,(H,6,8). The summed E-state index contributed by atoms with van der Waals surface area (Å²) in [6, 6.07) is 0. The quantitative estimate of drug-likeness (QED) is 0.651. The molecule has 6 heteroatoms. The van der Waals surface area contributed by atoms with Crippen LogP contribution in [0.1, 0.15) is 6.92 Å².